The summed E-state index contributed by atoms with van der Waals surface area (Å²) in [6.45, 7) is 6.42. The Morgan fingerprint density at radius 2 is 2.00 bits per heavy atom. The van der Waals surface area contributed by atoms with Crippen LogP contribution in [0.4, 0.5) is 17.5 Å². The number of hydrogen-bond donors (Lipinski definition) is 2. The van der Waals surface area contributed by atoms with Gasteiger partial charge in [-0.3, -0.25) is 9.48 Å². The van der Waals surface area contributed by atoms with Gasteiger partial charge in [0.1, 0.15) is 5.82 Å². The van der Waals surface area contributed by atoms with Crippen molar-refractivity contribution >= 4 is 23.4 Å². The topological polar surface area (TPSA) is 121 Å². The van der Waals surface area contributed by atoms with Crippen LogP contribution in [0.3, 0.4) is 0 Å². The van der Waals surface area contributed by atoms with Crippen LogP contribution in [0.1, 0.15) is 37.3 Å². The van der Waals surface area contributed by atoms with E-state index in [1.807, 2.05) is 34.1 Å². The van der Waals surface area contributed by atoms with E-state index in [0.717, 1.165) is 62.3 Å². The van der Waals surface area contributed by atoms with E-state index in [0.29, 0.717) is 29.9 Å². The highest BCUT2D eigenvalue weighted by molar-refractivity contribution is 5.87. The number of carbonyl (C=O) groups excluding carboxylic acids is 1. The first-order valence-electron chi connectivity index (χ1n) is 12.6. The standard InChI is InChI=1S/C27H30N8O2/c1-2-25(36)34-11-3-4-22(18-34)31-26-24(20-15-30-35(17-20)23-9-12-37-13-10-23)16-29-27(33-26)32-21-7-5-19(14-28)6-8-21/h2,5-8,15-17,22-23H,1,3-4,9-13,18H2,(H2,29,31,32,33). The van der Waals surface area contributed by atoms with E-state index in [-0.39, 0.29) is 11.9 Å². The lowest BCUT2D eigenvalue weighted by Crippen LogP contribution is -2.44. The van der Waals surface area contributed by atoms with E-state index in [9.17, 15) is 4.79 Å². The maximum atomic E-state index is 12.2. The zero-order chi connectivity index (χ0) is 25.6. The molecule has 0 radical (unpaired) electrons. The number of piperidine rings is 1. The van der Waals surface area contributed by atoms with E-state index < -0.39 is 0 Å². The summed E-state index contributed by atoms with van der Waals surface area (Å²) in [5.41, 5.74) is 3.14. The molecule has 2 aliphatic heterocycles. The normalized spacial score (nSPS) is 18.1. The molecular formula is C27H30N8O2. The van der Waals surface area contributed by atoms with Crippen molar-refractivity contribution in [3.8, 4) is 17.2 Å². The number of benzene rings is 1. The van der Waals surface area contributed by atoms with Crippen LogP contribution in [0.5, 0.6) is 0 Å². The van der Waals surface area contributed by atoms with Crippen LogP contribution in [0.25, 0.3) is 11.1 Å². The van der Waals surface area contributed by atoms with Crippen LogP contribution < -0.4 is 10.6 Å². The van der Waals surface area contributed by atoms with Gasteiger partial charge in [-0.25, -0.2) is 4.98 Å². The third-order valence-corrected chi connectivity index (χ3v) is 6.78. The smallest absolute Gasteiger partial charge is 0.246 e. The summed E-state index contributed by atoms with van der Waals surface area (Å²) < 4.78 is 7.51. The average Bonchev–Trinajstić information content (AvgIpc) is 3.44. The first-order chi connectivity index (χ1) is 18.1. The number of likely N-dealkylation sites (tertiary alicyclic amines) is 1. The largest absolute Gasteiger partial charge is 0.381 e. The average molecular weight is 499 g/mol. The van der Waals surface area contributed by atoms with E-state index in [1.165, 1.54) is 6.08 Å². The molecule has 1 unspecified atom stereocenters. The highest BCUT2D eigenvalue weighted by Gasteiger charge is 2.24. The summed E-state index contributed by atoms with van der Waals surface area (Å²) >= 11 is 0. The molecule has 2 fully saturated rings. The molecular weight excluding hydrogens is 468 g/mol. The maximum absolute atomic E-state index is 12.2. The van der Waals surface area contributed by atoms with Gasteiger partial charge in [0.2, 0.25) is 11.9 Å². The number of aromatic nitrogens is 4. The molecule has 37 heavy (non-hydrogen) atoms. The van der Waals surface area contributed by atoms with Gasteiger partial charge >= 0.3 is 0 Å². The summed E-state index contributed by atoms with van der Waals surface area (Å²) in [4.78, 5) is 23.4. The number of nitriles is 1. The summed E-state index contributed by atoms with van der Waals surface area (Å²) in [5, 5.41) is 20.5. The number of rotatable bonds is 7. The van der Waals surface area contributed by atoms with Gasteiger partial charge in [-0.2, -0.15) is 15.3 Å². The predicted octanol–water partition coefficient (Wildman–Crippen LogP) is 3.90. The molecule has 10 heteroatoms. The predicted molar refractivity (Wildman–Crippen MR) is 140 cm³/mol. The van der Waals surface area contributed by atoms with Crippen molar-refractivity contribution in [2.75, 3.05) is 36.9 Å². The SMILES string of the molecule is C=CC(=O)N1CCCC(Nc2nc(Nc3ccc(C#N)cc3)ncc2-c2cnn(C3CCOCC3)c2)C1. The number of anilines is 3. The molecule has 2 saturated heterocycles. The third kappa shape index (κ3) is 5.78. The van der Waals surface area contributed by atoms with Crippen LogP contribution in [0.15, 0.2) is 55.5 Å². The lowest BCUT2D eigenvalue weighted by molar-refractivity contribution is -0.127. The van der Waals surface area contributed by atoms with Crippen LogP contribution >= 0.6 is 0 Å². The molecule has 5 rings (SSSR count). The van der Waals surface area contributed by atoms with Gasteiger partial charge in [0.15, 0.2) is 0 Å². The number of ether oxygens (including phenoxy) is 1. The van der Waals surface area contributed by atoms with Crippen molar-refractivity contribution in [1.82, 2.24) is 24.6 Å². The number of nitrogens with one attached hydrogen (secondary N) is 2. The molecule has 1 amide bonds. The number of hydrogen-bond acceptors (Lipinski definition) is 8. The Morgan fingerprint density at radius 3 is 2.76 bits per heavy atom. The number of amides is 1. The first kappa shape index (κ1) is 24.5. The van der Waals surface area contributed by atoms with Crippen LogP contribution in [0.2, 0.25) is 0 Å². The second kappa shape index (κ2) is 11.2. The van der Waals surface area contributed by atoms with Gasteiger partial charge in [0.05, 0.1) is 23.9 Å². The monoisotopic (exact) mass is 498 g/mol. The molecule has 0 saturated carbocycles. The van der Waals surface area contributed by atoms with Crippen molar-refractivity contribution < 1.29 is 9.53 Å². The minimum absolute atomic E-state index is 0.0413. The molecule has 1 atom stereocenters. The van der Waals surface area contributed by atoms with Gasteiger partial charge in [0, 0.05) is 61.6 Å². The van der Waals surface area contributed by atoms with E-state index in [2.05, 4.69) is 33.4 Å². The summed E-state index contributed by atoms with van der Waals surface area (Å²) in [5.74, 6) is 1.05. The molecule has 0 spiro atoms. The van der Waals surface area contributed by atoms with Crippen molar-refractivity contribution in [3.05, 3.63) is 61.1 Å². The van der Waals surface area contributed by atoms with Crippen molar-refractivity contribution in [2.45, 2.75) is 37.8 Å². The number of nitrogens with zero attached hydrogens (tertiary/aromatic N) is 6. The quantitative estimate of drug-likeness (QED) is 0.471. The Morgan fingerprint density at radius 1 is 1.19 bits per heavy atom. The van der Waals surface area contributed by atoms with Gasteiger partial charge in [0.25, 0.3) is 0 Å². The van der Waals surface area contributed by atoms with E-state index in [1.54, 1.807) is 18.3 Å². The second-order valence-electron chi connectivity index (χ2n) is 9.29. The van der Waals surface area contributed by atoms with Crippen LogP contribution in [-0.4, -0.2) is 62.9 Å². The minimum atomic E-state index is -0.0599. The molecule has 0 aliphatic carbocycles. The fourth-order valence-corrected chi connectivity index (χ4v) is 4.76. The summed E-state index contributed by atoms with van der Waals surface area (Å²) in [6, 6.07) is 9.60. The van der Waals surface area contributed by atoms with E-state index >= 15 is 0 Å². The lowest BCUT2D eigenvalue weighted by atomic mass is 10.0. The van der Waals surface area contributed by atoms with Gasteiger partial charge < -0.3 is 20.3 Å². The maximum Gasteiger partial charge on any atom is 0.246 e. The van der Waals surface area contributed by atoms with Crippen LogP contribution in [-0.2, 0) is 9.53 Å². The Balaban J connectivity index is 1.42. The zero-order valence-corrected chi connectivity index (χ0v) is 20.6. The lowest BCUT2D eigenvalue weighted by Gasteiger charge is -2.33. The van der Waals surface area contributed by atoms with Gasteiger partial charge in [-0.05, 0) is 56.0 Å². The van der Waals surface area contributed by atoms with Gasteiger partial charge in [-0.15, -0.1) is 0 Å². The van der Waals surface area contributed by atoms with Crippen LogP contribution in [0, 0.1) is 11.3 Å². The molecule has 1 aromatic carbocycles. The molecule has 10 nitrogen and oxygen atoms in total. The Hall–Kier alpha value is -4.23. The van der Waals surface area contributed by atoms with Crippen molar-refractivity contribution in [1.29, 1.82) is 5.26 Å². The molecule has 4 heterocycles. The summed E-state index contributed by atoms with van der Waals surface area (Å²) in [7, 11) is 0. The Kier molecular flexibility index (Phi) is 7.42. The van der Waals surface area contributed by atoms with Gasteiger partial charge in [-0.1, -0.05) is 6.58 Å². The molecule has 2 N–H and O–H groups in total. The minimum Gasteiger partial charge on any atom is -0.381 e. The van der Waals surface area contributed by atoms with Crippen molar-refractivity contribution in [3.63, 3.8) is 0 Å². The molecule has 2 aromatic heterocycles. The van der Waals surface area contributed by atoms with Crippen molar-refractivity contribution in [2.24, 2.45) is 0 Å². The highest BCUT2D eigenvalue weighted by Crippen LogP contribution is 2.31. The van der Waals surface area contributed by atoms with E-state index in [4.69, 9.17) is 15.0 Å². The summed E-state index contributed by atoms with van der Waals surface area (Å²) in [6.07, 6.45) is 10.7. The molecule has 0 bridgehead atoms. The molecule has 190 valence electrons. The Labute approximate surface area is 216 Å². The zero-order valence-electron chi connectivity index (χ0n) is 20.6. The Bertz CT molecular complexity index is 1290. The highest BCUT2D eigenvalue weighted by atomic mass is 16.5. The first-order valence-corrected chi connectivity index (χ1v) is 12.6. The fourth-order valence-electron chi connectivity index (χ4n) is 4.76. The molecule has 3 aromatic rings. The molecule has 2 aliphatic rings. The fraction of sp³-hybridized carbons (Fsp3) is 0.370. The number of carbonyl (C=O) groups is 1. The second-order valence-corrected chi connectivity index (χ2v) is 9.29. The third-order valence-electron chi connectivity index (χ3n) is 6.78.